The predicted octanol–water partition coefficient (Wildman–Crippen LogP) is 2.71. The Morgan fingerprint density at radius 1 is 1.53 bits per heavy atom. The summed E-state index contributed by atoms with van der Waals surface area (Å²) in [5, 5.41) is 13.5. The highest BCUT2D eigenvalue weighted by Crippen LogP contribution is 2.30. The Bertz CT molecular complexity index is 496. The van der Waals surface area contributed by atoms with Crippen LogP contribution in [0.3, 0.4) is 0 Å². The number of hydrogen-bond acceptors (Lipinski definition) is 4. The van der Waals surface area contributed by atoms with Crippen molar-refractivity contribution in [3.8, 4) is 0 Å². The second-order valence-electron chi connectivity index (χ2n) is 4.55. The average Bonchev–Trinajstić information content (AvgIpc) is 2.70. The summed E-state index contributed by atoms with van der Waals surface area (Å²) in [5.41, 5.74) is -0.866. The predicted molar refractivity (Wildman–Crippen MR) is 65.0 cm³/mol. The lowest BCUT2D eigenvalue weighted by Crippen LogP contribution is -2.21. The third-order valence-electron chi connectivity index (χ3n) is 3.30. The van der Waals surface area contributed by atoms with E-state index in [1.807, 2.05) is 6.92 Å². The second-order valence-corrected chi connectivity index (χ2v) is 4.55. The summed E-state index contributed by atoms with van der Waals surface area (Å²) in [4.78, 5) is 9.94. The van der Waals surface area contributed by atoms with Crippen LogP contribution in [0.4, 0.5) is 20.2 Å². The lowest BCUT2D eigenvalue weighted by molar-refractivity contribution is -0.386. The van der Waals surface area contributed by atoms with Crippen molar-refractivity contribution in [2.45, 2.75) is 19.4 Å². The van der Waals surface area contributed by atoms with E-state index in [0.717, 1.165) is 12.5 Å². The minimum atomic E-state index is -1.18. The highest BCUT2D eigenvalue weighted by Gasteiger charge is 2.26. The van der Waals surface area contributed by atoms with Crippen LogP contribution < -0.4 is 5.32 Å². The maximum atomic E-state index is 13.4. The molecule has 0 aromatic heterocycles. The van der Waals surface area contributed by atoms with Crippen LogP contribution in [0.5, 0.6) is 0 Å². The van der Waals surface area contributed by atoms with Gasteiger partial charge in [-0.05, 0) is 13.3 Å². The first-order chi connectivity index (χ1) is 8.99. The molecule has 1 fully saturated rings. The normalized spacial score (nSPS) is 22.5. The molecular formula is C12H14F2N2O3. The molecule has 0 radical (unpaired) electrons. The molecule has 1 saturated heterocycles. The van der Waals surface area contributed by atoms with Gasteiger partial charge in [-0.15, -0.1) is 0 Å². The van der Waals surface area contributed by atoms with Crippen molar-refractivity contribution in [2.24, 2.45) is 5.92 Å². The summed E-state index contributed by atoms with van der Waals surface area (Å²) < 4.78 is 31.9. The van der Waals surface area contributed by atoms with E-state index in [1.54, 1.807) is 0 Å². The Hall–Kier alpha value is -1.76. The molecule has 7 heteroatoms. The van der Waals surface area contributed by atoms with Gasteiger partial charge >= 0.3 is 5.69 Å². The van der Waals surface area contributed by atoms with E-state index < -0.39 is 22.2 Å². The number of nitro groups is 1. The van der Waals surface area contributed by atoms with Crippen LogP contribution in [0.15, 0.2) is 12.1 Å². The number of rotatable bonds is 4. The van der Waals surface area contributed by atoms with Crippen molar-refractivity contribution in [1.29, 1.82) is 0 Å². The van der Waals surface area contributed by atoms with Gasteiger partial charge in [-0.3, -0.25) is 10.1 Å². The van der Waals surface area contributed by atoms with Crippen molar-refractivity contribution in [3.63, 3.8) is 0 Å². The van der Waals surface area contributed by atoms with Crippen LogP contribution in [0.25, 0.3) is 0 Å². The van der Waals surface area contributed by atoms with Crippen molar-refractivity contribution < 1.29 is 18.4 Å². The van der Waals surface area contributed by atoms with Gasteiger partial charge in [0.25, 0.3) is 0 Å². The maximum absolute atomic E-state index is 13.4. The van der Waals surface area contributed by atoms with E-state index in [-0.39, 0.29) is 17.7 Å². The van der Waals surface area contributed by atoms with Gasteiger partial charge in [0.1, 0.15) is 11.5 Å². The van der Waals surface area contributed by atoms with E-state index in [4.69, 9.17) is 4.74 Å². The Balaban J connectivity index is 2.17. The molecule has 0 saturated carbocycles. The zero-order valence-electron chi connectivity index (χ0n) is 10.4. The number of hydrogen-bond donors (Lipinski definition) is 1. The Morgan fingerprint density at radius 2 is 2.26 bits per heavy atom. The van der Waals surface area contributed by atoms with Gasteiger partial charge in [0.2, 0.25) is 5.82 Å². The van der Waals surface area contributed by atoms with Gasteiger partial charge < -0.3 is 10.1 Å². The minimum absolute atomic E-state index is 0.0324. The zero-order chi connectivity index (χ0) is 14.0. The molecule has 0 amide bonds. The molecule has 2 unspecified atom stereocenters. The Morgan fingerprint density at radius 3 is 2.84 bits per heavy atom. The molecule has 1 aromatic carbocycles. The first kappa shape index (κ1) is 13.7. The van der Waals surface area contributed by atoms with Crippen molar-refractivity contribution in [1.82, 2.24) is 0 Å². The van der Waals surface area contributed by atoms with Crippen molar-refractivity contribution in [3.05, 3.63) is 33.9 Å². The summed E-state index contributed by atoms with van der Waals surface area (Å²) in [6.45, 7) is 2.91. The summed E-state index contributed by atoms with van der Waals surface area (Å²) in [6, 6.07) is 1.44. The molecule has 2 rings (SSSR count). The van der Waals surface area contributed by atoms with Crippen molar-refractivity contribution >= 4 is 11.4 Å². The van der Waals surface area contributed by atoms with Crippen LogP contribution in [0.2, 0.25) is 0 Å². The van der Waals surface area contributed by atoms with Crippen LogP contribution in [0.1, 0.15) is 13.3 Å². The number of benzene rings is 1. The number of halogens is 2. The highest BCUT2D eigenvalue weighted by molar-refractivity contribution is 5.62. The standard InChI is InChI=1S/C12H14F2N2O3/c1-7-8(2-3-19-7)6-15-11-5-9(13)4-10(14)12(11)16(17)18/h4-5,7-8,15H,2-3,6H2,1H3. The quantitative estimate of drug-likeness (QED) is 0.676. The Labute approximate surface area is 108 Å². The van der Waals surface area contributed by atoms with Crippen LogP contribution in [-0.2, 0) is 4.74 Å². The molecular weight excluding hydrogens is 258 g/mol. The maximum Gasteiger partial charge on any atom is 0.327 e. The lowest BCUT2D eigenvalue weighted by atomic mass is 10.0. The number of ether oxygens (including phenoxy) is 1. The highest BCUT2D eigenvalue weighted by atomic mass is 19.1. The zero-order valence-corrected chi connectivity index (χ0v) is 10.4. The van der Waals surface area contributed by atoms with E-state index in [1.165, 1.54) is 0 Å². The summed E-state index contributed by atoms with van der Waals surface area (Å²) in [6.07, 6.45) is 0.852. The molecule has 1 aliphatic heterocycles. The molecule has 1 aliphatic rings. The van der Waals surface area contributed by atoms with Gasteiger partial charge in [-0.1, -0.05) is 0 Å². The number of nitro benzene ring substituents is 1. The molecule has 0 spiro atoms. The molecule has 5 nitrogen and oxygen atoms in total. The number of nitrogens with zero attached hydrogens (tertiary/aromatic N) is 1. The summed E-state index contributed by atoms with van der Waals surface area (Å²) >= 11 is 0. The van der Waals surface area contributed by atoms with Gasteiger partial charge in [-0.2, -0.15) is 4.39 Å². The van der Waals surface area contributed by atoms with E-state index in [9.17, 15) is 18.9 Å². The number of nitrogens with one attached hydrogen (secondary N) is 1. The van der Waals surface area contributed by atoms with E-state index in [2.05, 4.69) is 5.32 Å². The fraction of sp³-hybridized carbons (Fsp3) is 0.500. The molecule has 1 aromatic rings. The average molecular weight is 272 g/mol. The molecule has 1 N–H and O–H groups in total. The smallest absolute Gasteiger partial charge is 0.327 e. The first-order valence-corrected chi connectivity index (χ1v) is 5.98. The molecule has 1 heterocycles. The lowest BCUT2D eigenvalue weighted by Gasteiger charge is -2.15. The summed E-state index contributed by atoms with van der Waals surface area (Å²) in [7, 11) is 0. The Kier molecular flexibility index (Phi) is 3.94. The molecule has 19 heavy (non-hydrogen) atoms. The van der Waals surface area contributed by atoms with Crippen LogP contribution >= 0.6 is 0 Å². The first-order valence-electron chi connectivity index (χ1n) is 5.98. The third kappa shape index (κ3) is 2.98. The monoisotopic (exact) mass is 272 g/mol. The van der Waals surface area contributed by atoms with Crippen LogP contribution in [-0.4, -0.2) is 24.2 Å². The third-order valence-corrected chi connectivity index (χ3v) is 3.30. The van der Waals surface area contributed by atoms with Crippen LogP contribution in [0, 0.1) is 27.7 Å². The minimum Gasteiger partial charge on any atom is -0.379 e. The van der Waals surface area contributed by atoms with Gasteiger partial charge in [0.15, 0.2) is 0 Å². The largest absolute Gasteiger partial charge is 0.379 e. The molecule has 104 valence electrons. The van der Waals surface area contributed by atoms with E-state index >= 15 is 0 Å². The molecule has 2 atom stereocenters. The summed E-state index contributed by atoms with van der Waals surface area (Å²) in [5.74, 6) is -1.85. The topological polar surface area (TPSA) is 64.4 Å². The molecule has 0 aliphatic carbocycles. The SMILES string of the molecule is CC1OCCC1CNc1cc(F)cc(F)c1[N+](=O)[O-]. The van der Waals surface area contributed by atoms with E-state index in [0.29, 0.717) is 19.2 Å². The fourth-order valence-electron chi connectivity index (χ4n) is 2.17. The van der Waals surface area contributed by atoms with Gasteiger partial charge in [0, 0.05) is 31.2 Å². The molecule has 0 bridgehead atoms. The van der Waals surface area contributed by atoms with Gasteiger partial charge in [0.05, 0.1) is 11.0 Å². The second kappa shape index (κ2) is 5.48. The van der Waals surface area contributed by atoms with Crippen molar-refractivity contribution in [2.75, 3.05) is 18.5 Å². The fourth-order valence-corrected chi connectivity index (χ4v) is 2.17. The van der Waals surface area contributed by atoms with Gasteiger partial charge in [-0.25, -0.2) is 4.39 Å². The number of anilines is 1.